The molecule has 0 atom stereocenters. The second-order valence-corrected chi connectivity index (χ2v) is 5.70. The number of hydrogen-bond acceptors (Lipinski definition) is 4. The van der Waals surface area contributed by atoms with Crippen molar-refractivity contribution in [1.82, 2.24) is 15.5 Å². The Morgan fingerprint density at radius 2 is 2.00 bits per heavy atom. The van der Waals surface area contributed by atoms with Crippen molar-refractivity contribution in [1.29, 1.82) is 0 Å². The average Bonchev–Trinajstić information content (AvgIpc) is 2.30. The van der Waals surface area contributed by atoms with Crippen LogP contribution in [0.5, 0.6) is 5.88 Å². The molecular formula is C14H25N3O. The minimum Gasteiger partial charge on any atom is -0.477 e. The fourth-order valence-corrected chi connectivity index (χ4v) is 1.37. The molecule has 0 saturated carbocycles. The number of nitrogens with zero attached hydrogens (tertiary/aromatic N) is 2. The van der Waals surface area contributed by atoms with E-state index in [1.807, 2.05) is 12.1 Å². The van der Waals surface area contributed by atoms with E-state index in [2.05, 4.69) is 43.2 Å². The Morgan fingerprint density at radius 1 is 1.22 bits per heavy atom. The minimum absolute atomic E-state index is 0.289. The van der Waals surface area contributed by atoms with Crippen molar-refractivity contribution in [2.24, 2.45) is 5.41 Å². The predicted octanol–water partition coefficient (Wildman–Crippen LogP) is 2.79. The molecule has 4 nitrogen and oxygen atoms in total. The van der Waals surface area contributed by atoms with Crippen molar-refractivity contribution >= 4 is 0 Å². The van der Waals surface area contributed by atoms with Gasteiger partial charge in [-0.1, -0.05) is 27.7 Å². The summed E-state index contributed by atoms with van der Waals surface area (Å²) < 4.78 is 5.57. The van der Waals surface area contributed by atoms with E-state index in [4.69, 9.17) is 4.74 Å². The molecule has 0 amide bonds. The highest BCUT2D eigenvalue weighted by molar-refractivity contribution is 5.11. The van der Waals surface area contributed by atoms with Crippen molar-refractivity contribution in [3.63, 3.8) is 0 Å². The van der Waals surface area contributed by atoms with E-state index in [-0.39, 0.29) is 5.41 Å². The lowest BCUT2D eigenvalue weighted by Crippen LogP contribution is -2.15. The SMILES string of the molecule is CCCNCc1ccc(OCCC(C)(C)C)nn1. The van der Waals surface area contributed by atoms with Crippen LogP contribution in [-0.4, -0.2) is 23.3 Å². The van der Waals surface area contributed by atoms with Crippen LogP contribution in [0.15, 0.2) is 12.1 Å². The summed E-state index contributed by atoms with van der Waals surface area (Å²) in [7, 11) is 0. The Hall–Kier alpha value is -1.16. The molecular weight excluding hydrogens is 226 g/mol. The molecule has 0 saturated heterocycles. The molecule has 0 fully saturated rings. The van der Waals surface area contributed by atoms with Crippen LogP contribution in [0.2, 0.25) is 0 Å². The van der Waals surface area contributed by atoms with Gasteiger partial charge in [-0.3, -0.25) is 0 Å². The standard InChI is InChI=1S/C14H25N3O/c1-5-9-15-11-12-6-7-13(17-16-12)18-10-8-14(2,3)4/h6-7,15H,5,8-11H2,1-4H3. The first kappa shape index (κ1) is 14.9. The smallest absolute Gasteiger partial charge is 0.233 e. The van der Waals surface area contributed by atoms with Crippen molar-refractivity contribution in [3.8, 4) is 5.88 Å². The lowest BCUT2D eigenvalue weighted by atomic mass is 9.93. The van der Waals surface area contributed by atoms with Gasteiger partial charge in [-0.15, -0.1) is 5.10 Å². The quantitative estimate of drug-likeness (QED) is 0.757. The molecule has 0 aliphatic carbocycles. The zero-order chi connectivity index (χ0) is 13.4. The van der Waals surface area contributed by atoms with Gasteiger partial charge in [0.2, 0.25) is 5.88 Å². The third kappa shape index (κ3) is 6.55. The summed E-state index contributed by atoms with van der Waals surface area (Å²) in [5, 5.41) is 11.5. The fourth-order valence-electron chi connectivity index (χ4n) is 1.37. The van der Waals surface area contributed by atoms with Gasteiger partial charge in [0.05, 0.1) is 12.3 Å². The normalized spacial score (nSPS) is 11.6. The van der Waals surface area contributed by atoms with Gasteiger partial charge < -0.3 is 10.1 Å². The molecule has 0 bridgehead atoms. The lowest BCUT2D eigenvalue weighted by Gasteiger charge is -2.17. The highest BCUT2D eigenvalue weighted by atomic mass is 16.5. The summed E-state index contributed by atoms with van der Waals surface area (Å²) in [6.45, 7) is 11.2. The molecule has 0 aliphatic heterocycles. The molecule has 0 aromatic carbocycles. The second kappa shape index (κ2) is 7.31. The number of ether oxygens (including phenoxy) is 1. The molecule has 4 heteroatoms. The second-order valence-electron chi connectivity index (χ2n) is 5.70. The van der Waals surface area contributed by atoms with Gasteiger partial charge in [-0.2, -0.15) is 5.10 Å². The molecule has 0 unspecified atom stereocenters. The van der Waals surface area contributed by atoms with Crippen molar-refractivity contribution < 1.29 is 4.74 Å². The van der Waals surface area contributed by atoms with E-state index in [1.54, 1.807) is 0 Å². The van der Waals surface area contributed by atoms with E-state index in [0.29, 0.717) is 12.5 Å². The number of nitrogens with one attached hydrogen (secondary N) is 1. The van der Waals surface area contributed by atoms with Crippen molar-refractivity contribution in [2.45, 2.75) is 47.1 Å². The van der Waals surface area contributed by atoms with Gasteiger partial charge in [0, 0.05) is 12.6 Å². The Morgan fingerprint density at radius 3 is 2.56 bits per heavy atom. The topological polar surface area (TPSA) is 47.0 Å². The van der Waals surface area contributed by atoms with Gasteiger partial charge in [-0.05, 0) is 30.9 Å². The van der Waals surface area contributed by atoms with Crippen LogP contribution in [0.4, 0.5) is 0 Å². The largest absolute Gasteiger partial charge is 0.477 e. The summed E-state index contributed by atoms with van der Waals surface area (Å²) in [5.41, 5.74) is 1.24. The fraction of sp³-hybridized carbons (Fsp3) is 0.714. The first-order chi connectivity index (χ1) is 8.51. The predicted molar refractivity (Wildman–Crippen MR) is 73.6 cm³/mol. The van der Waals surface area contributed by atoms with Gasteiger partial charge in [-0.25, -0.2) is 0 Å². The van der Waals surface area contributed by atoms with Crippen LogP contribution in [0, 0.1) is 5.41 Å². The molecule has 0 aliphatic rings. The van der Waals surface area contributed by atoms with Crippen molar-refractivity contribution in [2.75, 3.05) is 13.2 Å². The Balaban J connectivity index is 2.31. The van der Waals surface area contributed by atoms with Crippen LogP contribution in [0.25, 0.3) is 0 Å². The van der Waals surface area contributed by atoms with Gasteiger partial charge in [0.25, 0.3) is 0 Å². The van der Waals surface area contributed by atoms with Gasteiger partial charge in [0.1, 0.15) is 0 Å². The van der Waals surface area contributed by atoms with Crippen LogP contribution in [0.3, 0.4) is 0 Å². The van der Waals surface area contributed by atoms with Gasteiger partial charge >= 0.3 is 0 Å². The third-order valence-corrected chi connectivity index (χ3v) is 2.53. The third-order valence-electron chi connectivity index (χ3n) is 2.53. The summed E-state index contributed by atoms with van der Waals surface area (Å²) >= 11 is 0. The Kier molecular flexibility index (Phi) is 6.05. The van der Waals surface area contributed by atoms with E-state index < -0.39 is 0 Å². The van der Waals surface area contributed by atoms with E-state index >= 15 is 0 Å². The first-order valence-corrected chi connectivity index (χ1v) is 6.67. The van der Waals surface area contributed by atoms with Crippen LogP contribution < -0.4 is 10.1 Å². The van der Waals surface area contributed by atoms with E-state index in [9.17, 15) is 0 Å². The summed E-state index contributed by atoms with van der Waals surface area (Å²) in [5.74, 6) is 0.610. The molecule has 1 N–H and O–H groups in total. The average molecular weight is 251 g/mol. The maximum Gasteiger partial charge on any atom is 0.233 e. The summed E-state index contributed by atoms with van der Waals surface area (Å²) in [6, 6.07) is 3.85. The molecule has 0 radical (unpaired) electrons. The number of rotatable bonds is 7. The molecule has 1 aromatic rings. The zero-order valence-corrected chi connectivity index (χ0v) is 12.0. The molecule has 0 spiro atoms. The zero-order valence-electron chi connectivity index (χ0n) is 12.0. The monoisotopic (exact) mass is 251 g/mol. The molecule has 1 rings (SSSR count). The van der Waals surface area contributed by atoms with E-state index in [0.717, 1.165) is 31.6 Å². The minimum atomic E-state index is 0.289. The Labute approximate surface area is 110 Å². The lowest BCUT2D eigenvalue weighted by molar-refractivity contribution is 0.234. The molecule has 1 aromatic heterocycles. The molecule has 18 heavy (non-hydrogen) atoms. The highest BCUT2D eigenvalue weighted by Gasteiger charge is 2.10. The highest BCUT2D eigenvalue weighted by Crippen LogP contribution is 2.18. The number of aromatic nitrogens is 2. The number of hydrogen-bond donors (Lipinski definition) is 1. The van der Waals surface area contributed by atoms with Crippen LogP contribution in [-0.2, 0) is 6.54 Å². The summed E-state index contributed by atoms with van der Waals surface area (Å²) in [4.78, 5) is 0. The van der Waals surface area contributed by atoms with Crippen molar-refractivity contribution in [3.05, 3.63) is 17.8 Å². The van der Waals surface area contributed by atoms with Crippen LogP contribution >= 0.6 is 0 Å². The first-order valence-electron chi connectivity index (χ1n) is 6.67. The maximum atomic E-state index is 5.57. The molecule has 102 valence electrons. The van der Waals surface area contributed by atoms with Crippen LogP contribution in [0.1, 0.15) is 46.2 Å². The maximum absolute atomic E-state index is 5.57. The van der Waals surface area contributed by atoms with Gasteiger partial charge in [0.15, 0.2) is 0 Å². The molecule has 1 heterocycles. The summed E-state index contributed by atoms with van der Waals surface area (Å²) in [6.07, 6.45) is 2.13. The Bertz CT molecular complexity index is 330. The van der Waals surface area contributed by atoms with E-state index in [1.165, 1.54) is 0 Å².